The van der Waals surface area contributed by atoms with E-state index < -0.39 is 11.8 Å². The summed E-state index contributed by atoms with van der Waals surface area (Å²) in [5, 5.41) is 3.14. The van der Waals surface area contributed by atoms with Gasteiger partial charge in [-0.1, -0.05) is 56.9 Å². The van der Waals surface area contributed by atoms with Crippen molar-refractivity contribution >= 4 is 23.6 Å². The molecule has 0 N–H and O–H groups in total. The minimum absolute atomic E-state index is 0.195. The molecule has 0 saturated carbocycles. The Morgan fingerprint density at radius 3 is 1.73 bits per heavy atom. The predicted octanol–water partition coefficient (Wildman–Crippen LogP) is 3.06. The zero-order valence-corrected chi connectivity index (χ0v) is 19.4. The minimum atomic E-state index is -0.559. The van der Waals surface area contributed by atoms with E-state index in [9.17, 15) is 19.2 Å². The largest absolute Gasteiger partial charge is 0.272 e. The fraction of sp³-hybridized carbons (Fsp3) is 0.538. The molecule has 2 aliphatic carbocycles. The van der Waals surface area contributed by atoms with Crippen molar-refractivity contribution in [2.75, 3.05) is 13.1 Å². The number of unbranched alkanes of at least 4 members (excludes halogenated alkanes) is 2. The second-order valence-electron chi connectivity index (χ2n) is 9.70. The van der Waals surface area contributed by atoms with Gasteiger partial charge in [-0.05, 0) is 26.2 Å². The number of allylic oxidation sites excluding steroid dienone is 4. The van der Waals surface area contributed by atoms with Crippen molar-refractivity contribution in [1.29, 1.82) is 0 Å². The smallest absolute Gasteiger partial charge is 0.272 e. The molecule has 5 aliphatic rings. The highest BCUT2D eigenvalue weighted by atomic mass is 16.2. The number of hydrazine groups is 1. The molecule has 0 aromatic carbocycles. The molecule has 4 amide bonds. The summed E-state index contributed by atoms with van der Waals surface area (Å²) in [5.74, 6) is -2.34. The quantitative estimate of drug-likeness (QED) is 0.460. The Morgan fingerprint density at radius 2 is 1.24 bits per heavy atom. The third-order valence-corrected chi connectivity index (χ3v) is 7.65. The molecule has 7 heteroatoms. The first kappa shape index (κ1) is 22.0. The molecule has 0 radical (unpaired) electrons. The number of carbonyl (C=O) groups is 4. The molecule has 0 aromatic heterocycles. The van der Waals surface area contributed by atoms with Crippen LogP contribution in [0.25, 0.3) is 0 Å². The lowest BCUT2D eigenvalue weighted by atomic mass is 9.64. The van der Waals surface area contributed by atoms with Gasteiger partial charge in [-0.2, -0.15) is 0 Å². The zero-order valence-electron chi connectivity index (χ0n) is 19.4. The van der Waals surface area contributed by atoms with Crippen LogP contribution >= 0.6 is 0 Å². The standard InChI is InChI=1S/C26H31N3O4/c1-3-4-6-9-16(2)28-23(30)17-10-12-19-22-20(13-11-18(21(17)22)24(28)31)26(33)29(25(19)32)27-14-7-5-8-15-27/h10-13,16,21-22H,3-9,14-15H2,1-2H3. The van der Waals surface area contributed by atoms with E-state index in [1.165, 1.54) is 9.91 Å². The van der Waals surface area contributed by atoms with Crippen molar-refractivity contribution in [3.8, 4) is 0 Å². The van der Waals surface area contributed by atoms with Gasteiger partial charge >= 0.3 is 0 Å². The highest BCUT2D eigenvalue weighted by molar-refractivity contribution is 6.20. The van der Waals surface area contributed by atoms with Crippen molar-refractivity contribution in [2.45, 2.75) is 64.8 Å². The van der Waals surface area contributed by atoms with E-state index in [2.05, 4.69) is 6.92 Å². The van der Waals surface area contributed by atoms with Gasteiger partial charge < -0.3 is 0 Å². The molecule has 7 nitrogen and oxygen atoms in total. The molecule has 3 fully saturated rings. The molecule has 0 aromatic rings. The summed E-state index contributed by atoms with van der Waals surface area (Å²) in [6.45, 7) is 5.40. The molecule has 3 saturated heterocycles. The molecule has 174 valence electrons. The minimum Gasteiger partial charge on any atom is -0.272 e. The number of likely N-dealkylation sites (tertiary alicyclic amines) is 1. The molecule has 0 bridgehead atoms. The van der Waals surface area contributed by atoms with Crippen molar-refractivity contribution < 1.29 is 19.2 Å². The number of hydrogen-bond donors (Lipinski definition) is 0. The number of amides is 4. The summed E-state index contributed by atoms with van der Waals surface area (Å²) in [6.07, 6.45) is 13.7. The van der Waals surface area contributed by atoms with E-state index in [1.807, 2.05) is 11.9 Å². The summed E-state index contributed by atoms with van der Waals surface area (Å²) < 4.78 is 0. The molecule has 5 rings (SSSR count). The fourth-order valence-electron chi connectivity index (χ4n) is 5.90. The first-order valence-electron chi connectivity index (χ1n) is 12.3. The Kier molecular flexibility index (Phi) is 5.69. The third-order valence-electron chi connectivity index (χ3n) is 7.65. The van der Waals surface area contributed by atoms with Crippen LogP contribution in [0.15, 0.2) is 46.6 Å². The van der Waals surface area contributed by atoms with E-state index >= 15 is 0 Å². The maximum Gasteiger partial charge on any atom is 0.272 e. The highest BCUT2D eigenvalue weighted by Crippen LogP contribution is 2.50. The van der Waals surface area contributed by atoms with E-state index in [0.29, 0.717) is 35.4 Å². The van der Waals surface area contributed by atoms with E-state index in [4.69, 9.17) is 0 Å². The van der Waals surface area contributed by atoms with Gasteiger partial charge in [0.25, 0.3) is 23.6 Å². The Morgan fingerprint density at radius 1 is 0.758 bits per heavy atom. The summed E-state index contributed by atoms with van der Waals surface area (Å²) in [5.41, 5.74) is 2.01. The summed E-state index contributed by atoms with van der Waals surface area (Å²) in [7, 11) is 0. The fourth-order valence-corrected chi connectivity index (χ4v) is 5.90. The van der Waals surface area contributed by atoms with Gasteiger partial charge in [0.15, 0.2) is 0 Å². The zero-order chi connectivity index (χ0) is 23.3. The van der Waals surface area contributed by atoms with Gasteiger partial charge in [0.1, 0.15) is 0 Å². The van der Waals surface area contributed by atoms with Crippen LogP contribution in [0.4, 0.5) is 0 Å². The average Bonchev–Trinajstić information content (AvgIpc) is 2.82. The molecular formula is C26H31N3O4. The van der Waals surface area contributed by atoms with Gasteiger partial charge in [0.2, 0.25) is 0 Å². The van der Waals surface area contributed by atoms with Crippen molar-refractivity contribution in [1.82, 2.24) is 14.9 Å². The van der Waals surface area contributed by atoms with Crippen molar-refractivity contribution in [3.63, 3.8) is 0 Å². The number of rotatable bonds is 6. The van der Waals surface area contributed by atoms with Crippen LogP contribution in [0, 0.1) is 11.8 Å². The lowest BCUT2D eigenvalue weighted by Crippen LogP contribution is -2.60. The number of imide groups is 2. The van der Waals surface area contributed by atoms with Crippen LogP contribution in [-0.2, 0) is 19.2 Å². The monoisotopic (exact) mass is 449 g/mol. The molecular weight excluding hydrogens is 418 g/mol. The van der Waals surface area contributed by atoms with E-state index in [0.717, 1.165) is 44.9 Å². The van der Waals surface area contributed by atoms with Gasteiger partial charge in [-0.15, -0.1) is 0 Å². The Hall–Kier alpha value is -2.80. The average molecular weight is 450 g/mol. The van der Waals surface area contributed by atoms with Crippen LogP contribution in [0.5, 0.6) is 0 Å². The van der Waals surface area contributed by atoms with Gasteiger partial charge in [-0.3, -0.25) is 24.1 Å². The van der Waals surface area contributed by atoms with Crippen LogP contribution in [-0.4, -0.2) is 57.7 Å². The van der Waals surface area contributed by atoms with Crippen LogP contribution in [0.2, 0.25) is 0 Å². The number of piperidine rings is 3. The van der Waals surface area contributed by atoms with Gasteiger partial charge in [-0.25, -0.2) is 10.0 Å². The SMILES string of the molecule is CCCCCC(C)N1C(=O)C2=CC=C3C(=O)N(N4CCCCC4)C(=O)C4=CC=C(C1=O)C2C34. The van der Waals surface area contributed by atoms with Crippen molar-refractivity contribution in [3.05, 3.63) is 46.6 Å². The Balaban J connectivity index is 1.52. The van der Waals surface area contributed by atoms with Crippen LogP contribution < -0.4 is 0 Å². The highest BCUT2D eigenvalue weighted by Gasteiger charge is 2.55. The van der Waals surface area contributed by atoms with Gasteiger partial charge in [0, 0.05) is 53.3 Å². The second-order valence-corrected chi connectivity index (χ2v) is 9.70. The normalized spacial score (nSPS) is 28.2. The number of carbonyl (C=O) groups excluding carboxylic acids is 4. The van der Waals surface area contributed by atoms with Gasteiger partial charge in [0.05, 0.1) is 0 Å². The van der Waals surface area contributed by atoms with Crippen LogP contribution in [0.3, 0.4) is 0 Å². The molecule has 1 atom stereocenters. The second kappa shape index (κ2) is 8.52. The molecule has 0 spiro atoms. The first-order chi connectivity index (χ1) is 16.0. The van der Waals surface area contributed by atoms with Crippen molar-refractivity contribution in [2.24, 2.45) is 11.8 Å². The molecule has 3 heterocycles. The third kappa shape index (κ3) is 3.36. The summed E-state index contributed by atoms with van der Waals surface area (Å²) in [4.78, 5) is 55.2. The van der Waals surface area contributed by atoms with E-state index in [1.54, 1.807) is 24.3 Å². The molecule has 33 heavy (non-hydrogen) atoms. The maximum absolute atomic E-state index is 13.4. The predicted molar refractivity (Wildman–Crippen MR) is 122 cm³/mol. The lowest BCUT2D eigenvalue weighted by molar-refractivity contribution is -0.164. The first-order valence-corrected chi connectivity index (χ1v) is 12.3. The summed E-state index contributed by atoms with van der Waals surface area (Å²) >= 11 is 0. The maximum atomic E-state index is 13.4. The lowest BCUT2D eigenvalue weighted by Gasteiger charge is -2.48. The number of nitrogens with zero attached hydrogens (tertiary/aromatic N) is 3. The van der Waals surface area contributed by atoms with E-state index in [-0.39, 0.29) is 29.7 Å². The number of hydrogen-bond acceptors (Lipinski definition) is 5. The Bertz CT molecular complexity index is 980. The topological polar surface area (TPSA) is 78.0 Å². The Labute approximate surface area is 194 Å². The van der Waals surface area contributed by atoms with Crippen LogP contribution in [0.1, 0.15) is 58.8 Å². The summed E-state index contributed by atoms with van der Waals surface area (Å²) in [6, 6.07) is -0.195. The molecule has 1 unspecified atom stereocenters. The molecule has 3 aliphatic heterocycles.